The zero-order chi connectivity index (χ0) is 78.1. The number of hydrogen-bond donors (Lipinski definition) is 23. The zero-order valence-corrected chi connectivity index (χ0v) is 60.3. The largest absolute Gasteiger partial charge is 0.432 e. The second kappa shape index (κ2) is 31.8. The van der Waals surface area contributed by atoms with E-state index in [2.05, 4.69) is 26.8 Å². The van der Waals surface area contributed by atoms with Gasteiger partial charge in [0.05, 0.1) is 83.9 Å². The molecule has 616 valence electrons. The Bertz CT molecular complexity index is 3050. The van der Waals surface area contributed by atoms with Crippen LogP contribution in [0.25, 0.3) is 0 Å². The number of carbonyl (C=O) groups excluding carboxylic acids is 1. The Hall–Kier alpha value is -2.23. The Balaban J connectivity index is 0.725. The molecule has 0 aromatic heterocycles. The van der Waals surface area contributed by atoms with Crippen molar-refractivity contribution < 1.29 is 189 Å². The number of aliphatic hydroxyl groups is 23. The molecule has 23 N–H and O–H groups in total. The predicted octanol–water partition coefficient (Wildman–Crippen LogP) is -9.73. The van der Waals surface area contributed by atoms with Crippen LogP contribution in [0.15, 0.2) is 11.6 Å². The molecule has 7 aliphatic heterocycles. The molecule has 107 heavy (non-hydrogen) atoms. The lowest BCUT2D eigenvalue weighted by Crippen LogP contribution is -2.71. The Morgan fingerprint density at radius 1 is 0.495 bits per heavy atom. The predicted molar refractivity (Wildman–Crippen MR) is 347 cm³/mol. The molecule has 0 spiro atoms. The van der Waals surface area contributed by atoms with Crippen molar-refractivity contribution in [3.05, 3.63) is 11.6 Å². The second-order valence-electron chi connectivity index (χ2n) is 33.5. The van der Waals surface area contributed by atoms with Crippen LogP contribution in [0.2, 0.25) is 0 Å². The molecule has 41 atom stereocenters. The summed E-state index contributed by atoms with van der Waals surface area (Å²) < 4.78 is 81.5. The standard InChI is InChI=1S/C69H112O38/c1-25-50(103-57-49(90)51(30(76)18-94-57)104-61-53(91)68(93,23-73)24-98-61)44(85)48(89)58(99-25)105-52-37(78)29(75)17-95-60(52)107-62(92)69-12-11-63(2,3)13-27(69)26-7-8-34-64(4)14-28(74)54(67(21-71,22-72)35(64)9-10-65(34,5)66(26,6)15-36(69)77)106-59-47(88)43(84)40(81)33(102-59)20-97-56-46(87)42(83)39(80)32(101-56)19-96-55-45(86)41(82)38(79)31(16-70)100-55/h7,25,27-61,70-91,93H,8-24H2,1-6H3/t25-,27-,28-,29-,30+,31+,32+,33+,34+,35+,36+,37-,38+,39+,40+,41-,42-,43-,44-,45+,46+,47+,48+,49+,50-,51-,52+,53-,54-,55+,56+,57-,58-,59-,60-,61-,64+,65+,66+,68+,69+/m1/s1. The van der Waals surface area contributed by atoms with E-state index in [4.69, 9.17) is 66.3 Å². The number of aliphatic hydroxyl groups excluding tert-OH is 22. The fourth-order valence-electron chi connectivity index (χ4n) is 20.2. The molecular formula is C69H112O38. The minimum atomic E-state index is -2.10. The van der Waals surface area contributed by atoms with E-state index in [0.717, 1.165) is 5.57 Å². The van der Waals surface area contributed by atoms with Gasteiger partial charge in [0.1, 0.15) is 139 Å². The summed E-state index contributed by atoms with van der Waals surface area (Å²) in [6.07, 6.45) is -53.4. The molecule has 0 amide bonds. The summed E-state index contributed by atoms with van der Waals surface area (Å²) in [6.45, 7) is 5.28. The molecule has 0 aromatic carbocycles. The van der Waals surface area contributed by atoms with E-state index in [1.165, 1.54) is 6.92 Å². The fraction of sp³-hybridized carbons (Fsp3) is 0.957. The molecule has 38 heteroatoms. The number of allylic oxidation sites excluding steroid dienone is 2. The van der Waals surface area contributed by atoms with Gasteiger partial charge in [0.15, 0.2) is 43.8 Å². The Kier molecular flexibility index (Phi) is 25.0. The molecule has 7 saturated heterocycles. The summed E-state index contributed by atoms with van der Waals surface area (Å²) in [6, 6.07) is 0. The monoisotopic (exact) mass is 1550 g/mol. The molecule has 0 radical (unpaired) electrons. The third-order valence-corrected chi connectivity index (χ3v) is 26.8. The van der Waals surface area contributed by atoms with Gasteiger partial charge in [0.2, 0.25) is 6.29 Å². The van der Waals surface area contributed by atoms with E-state index in [1.807, 2.05) is 13.8 Å². The molecule has 0 unspecified atom stereocenters. The highest BCUT2D eigenvalue weighted by Crippen LogP contribution is 2.76. The summed E-state index contributed by atoms with van der Waals surface area (Å²) in [7, 11) is 0. The number of rotatable bonds is 20. The molecule has 12 aliphatic rings. The van der Waals surface area contributed by atoms with Crippen molar-refractivity contribution >= 4 is 5.97 Å². The van der Waals surface area contributed by atoms with E-state index < -0.39 is 318 Å². The van der Waals surface area contributed by atoms with Crippen molar-refractivity contribution in [1.82, 2.24) is 0 Å². The van der Waals surface area contributed by atoms with Crippen molar-refractivity contribution in [3.63, 3.8) is 0 Å². The summed E-state index contributed by atoms with van der Waals surface area (Å²) in [4.78, 5) is 15.6. The van der Waals surface area contributed by atoms with Crippen molar-refractivity contribution in [3.8, 4) is 0 Å². The smallest absolute Gasteiger partial charge is 0.317 e. The summed E-state index contributed by atoms with van der Waals surface area (Å²) >= 11 is 0. The highest BCUT2D eigenvalue weighted by molar-refractivity contribution is 5.80. The van der Waals surface area contributed by atoms with Gasteiger partial charge < -0.3 is 184 Å². The van der Waals surface area contributed by atoms with Gasteiger partial charge in [0.25, 0.3) is 0 Å². The number of hydrogen-bond acceptors (Lipinski definition) is 38. The third-order valence-electron chi connectivity index (χ3n) is 26.8. The van der Waals surface area contributed by atoms with Crippen LogP contribution in [-0.2, 0) is 71.1 Å². The highest BCUT2D eigenvalue weighted by Gasteiger charge is 2.74. The first-order chi connectivity index (χ1) is 50.3. The Morgan fingerprint density at radius 2 is 1.04 bits per heavy atom. The number of esters is 1. The average molecular weight is 1550 g/mol. The van der Waals surface area contributed by atoms with Crippen LogP contribution in [-0.4, -0.2) is 391 Å². The Labute approximate surface area is 615 Å². The minimum Gasteiger partial charge on any atom is -0.432 e. The van der Waals surface area contributed by atoms with E-state index in [9.17, 15) is 117 Å². The number of ether oxygens (including phenoxy) is 14. The lowest BCUT2D eigenvalue weighted by Gasteiger charge is -2.72. The second-order valence-corrected chi connectivity index (χ2v) is 33.5. The van der Waals surface area contributed by atoms with Crippen molar-refractivity contribution in [2.75, 3.05) is 59.5 Å². The minimum absolute atomic E-state index is 0.00104. The van der Waals surface area contributed by atoms with Crippen molar-refractivity contribution in [1.29, 1.82) is 0 Å². The van der Waals surface area contributed by atoms with Crippen molar-refractivity contribution in [2.24, 2.45) is 50.2 Å². The summed E-state index contributed by atoms with van der Waals surface area (Å²) in [5.74, 6) is -2.64. The fourth-order valence-corrected chi connectivity index (χ4v) is 20.2. The third kappa shape index (κ3) is 14.4. The van der Waals surface area contributed by atoms with Crippen LogP contribution in [0, 0.1) is 50.2 Å². The van der Waals surface area contributed by atoms with Crippen LogP contribution in [0.5, 0.6) is 0 Å². The van der Waals surface area contributed by atoms with Gasteiger partial charge in [-0.25, -0.2) is 0 Å². The topological polar surface area (TPSA) is 612 Å². The Morgan fingerprint density at radius 3 is 1.64 bits per heavy atom. The maximum Gasteiger partial charge on any atom is 0.317 e. The van der Waals surface area contributed by atoms with Gasteiger partial charge in [-0.3, -0.25) is 4.79 Å². The van der Waals surface area contributed by atoms with Crippen LogP contribution in [0.4, 0.5) is 0 Å². The number of fused-ring (bicyclic) bond motifs is 7. The first-order valence-corrected chi connectivity index (χ1v) is 36.9. The average Bonchev–Trinajstić information content (AvgIpc) is 0.939. The number of carbonyl (C=O) groups is 1. The van der Waals surface area contributed by atoms with Gasteiger partial charge in [-0.15, -0.1) is 0 Å². The molecule has 5 aliphatic carbocycles. The first-order valence-electron chi connectivity index (χ1n) is 36.9. The highest BCUT2D eigenvalue weighted by atomic mass is 16.8. The van der Waals surface area contributed by atoms with E-state index in [0.29, 0.717) is 25.7 Å². The quantitative estimate of drug-likeness (QED) is 0.0306. The van der Waals surface area contributed by atoms with E-state index in [-0.39, 0.29) is 31.6 Å². The summed E-state index contributed by atoms with van der Waals surface area (Å²) in [5, 5.41) is 255. The lowest BCUT2D eigenvalue weighted by molar-refractivity contribution is -0.372. The van der Waals surface area contributed by atoms with Crippen LogP contribution in [0.3, 0.4) is 0 Å². The van der Waals surface area contributed by atoms with Crippen LogP contribution >= 0.6 is 0 Å². The van der Waals surface area contributed by atoms with Gasteiger partial charge >= 0.3 is 5.97 Å². The maximum absolute atomic E-state index is 15.6. The van der Waals surface area contributed by atoms with Gasteiger partial charge in [-0.1, -0.05) is 46.3 Å². The molecule has 12 rings (SSSR count). The molecule has 38 nitrogen and oxygen atoms in total. The molecule has 7 heterocycles. The SMILES string of the molecule is C[C@H]1O[C@H](O[C@@H]2[C@@H](OC(=O)[C@@]34CCC(C)(C)C[C@@H]3C3=CC[C@H]5[C@]6(C)C[C@@H](O)[C@@H](O[C@H]7O[C@@H](CO[C@H]8O[C@@H](CO[C@H]9O[C@@H](CO)[C@H](O)[C@@H](O)[C@@H]9O)[C@H](O)[C@@H](O)[C@@H]8O)[C@H](O)[C@@H](O)[C@@H]7O)C(CO)(CO)[C@H]6CC[C@]5(C)[C@@]3(C)C[C@@H]4O)OC[C@@H](O)[C@H]2O)[C@@H](O)[C@@H](O)[C@@H]1O[C@H]1OC[C@H](O)[C@@H](O[C@H]2OC[C@@](O)(CO)[C@@H]2O)[C@@H]1O. The lowest BCUT2D eigenvalue weighted by atomic mass is 9.33. The van der Waals surface area contributed by atoms with E-state index >= 15 is 4.79 Å². The summed E-state index contributed by atoms with van der Waals surface area (Å²) in [5.41, 5.74) is -7.63. The van der Waals surface area contributed by atoms with E-state index in [1.54, 1.807) is 0 Å². The molecular weight excluding hydrogens is 1440 g/mol. The van der Waals surface area contributed by atoms with Gasteiger partial charge in [-0.05, 0) is 97.7 Å². The molecule has 0 bridgehead atoms. The maximum atomic E-state index is 15.6. The van der Waals surface area contributed by atoms with Crippen molar-refractivity contribution in [2.45, 2.75) is 301 Å². The van der Waals surface area contributed by atoms with Crippen LogP contribution < -0.4 is 0 Å². The van der Waals surface area contributed by atoms with Gasteiger partial charge in [-0.2, -0.15) is 0 Å². The molecule has 0 aromatic rings. The van der Waals surface area contributed by atoms with Gasteiger partial charge in [0, 0.05) is 5.41 Å². The first kappa shape index (κ1) is 84.2. The zero-order valence-electron chi connectivity index (χ0n) is 60.3. The van der Waals surface area contributed by atoms with Crippen LogP contribution in [0.1, 0.15) is 92.9 Å². The normalized spacial score (nSPS) is 54.0. The molecule has 4 saturated carbocycles. The molecule has 11 fully saturated rings.